The van der Waals surface area contributed by atoms with Gasteiger partial charge in [-0.1, -0.05) is 46.6 Å². The first-order chi connectivity index (χ1) is 14.2. The van der Waals surface area contributed by atoms with Crippen molar-refractivity contribution < 1.29 is 19.2 Å². The highest BCUT2D eigenvalue weighted by molar-refractivity contribution is 9.10. The van der Waals surface area contributed by atoms with E-state index in [1.807, 2.05) is 0 Å². The van der Waals surface area contributed by atoms with Crippen molar-refractivity contribution in [3.05, 3.63) is 63.6 Å². The molecule has 1 aliphatic heterocycles. The van der Waals surface area contributed by atoms with E-state index in [0.29, 0.717) is 16.3 Å². The first-order valence-corrected chi connectivity index (χ1v) is 10.2. The summed E-state index contributed by atoms with van der Waals surface area (Å²) in [5, 5.41) is 7.77. The maximum atomic E-state index is 13.0. The van der Waals surface area contributed by atoms with E-state index in [0.717, 1.165) is 9.37 Å². The van der Waals surface area contributed by atoms with Gasteiger partial charge in [0.05, 0.1) is 0 Å². The van der Waals surface area contributed by atoms with Crippen LogP contribution in [-0.4, -0.2) is 35.3 Å². The Hall–Kier alpha value is -2.91. The molecule has 1 aliphatic rings. The third-order valence-corrected chi connectivity index (χ3v) is 5.48. The maximum absolute atomic E-state index is 13.0. The molecule has 6 amide bonds. The summed E-state index contributed by atoms with van der Waals surface area (Å²) in [7, 11) is 0. The summed E-state index contributed by atoms with van der Waals surface area (Å²) in [4.78, 5) is 50.5. The van der Waals surface area contributed by atoms with Crippen molar-refractivity contribution >= 4 is 57.1 Å². The zero-order chi connectivity index (χ0) is 21.9. The van der Waals surface area contributed by atoms with Crippen molar-refractivity contribution in [1.82, 2.24) is 15.5 Å². The van der Waals surface area contributed by atoms with Gasteiger partial charge in [-0.3, -0.25) is 19.8 Å². The largest absolute Gasteiger partial charge is 0.325 e. The Bertz CT molecular complexity index is 997. The average Bonchev–Trinajstić information content (AvgIpc) is 2.95. The van der Waals surface area contributed by atoms with Gasteiger partial charge in [-0.05, 0) is 48.4 Å². The van der Waals surface area contributed by atoms with Gasteiger partial charge in [-0.15, -0.1) is 0 Å². The highest BCUT2D eigenvalue weighted by atomic mass is 79.9. The van der Waals surface area contributed by atoms with Gasteiger partial charge < -0.3 is 10.6 Å². The normalized spacial score (nSPS) is 18.2. The van der Waals surface area contributed by atoms with Crippen LogP contribution in [0, 0.1) is 0 Å². The summed E-state index contributed by atoms with van der Waals surface area (Å²) in [6, 6.07) is 11.8. The third-order valence-electron chi connectivity index (χ3n) is 4.70. The summed E-state index contributed by atoms with van der Waals surface area (Å²) < 4.78 is 0.836. The number of hydrogen-bond acceptors (Lipinski definition) is 4. The lowest BCUT2D eigenvalue weighted by Crippen LogP contribution is -2.46. The minimum atomic E-state index is -1.29. The van der Waals surface area contributed by atoms with Crippen LogP contribution in [-0.2, 0) is 15.1 Å². The van der Waals surface area contributed by atoms with Gasteiger partial charge in [-0.2, -0.15) is 0 Å². The SMILES string of the molecule is CCC1(c2ccc(Cl)cc2)NC(=O)N(CC(=O)NC(=O)Nc2ccc(Br)cc2)C1=O. The molecule has 10 heteroatoms. The molecule has 8 nitrogen and oxygen atoms in total. The number of carbonyl (C=O) groups excluding carboxylic acids is 4. The van der Waals surface area contributed by atoms with E-state index in [1.54, 1.807) is 55.5 Å². The predicted octanol–water partition coefficient (Wildman–Crippen LogP) is 3.61. The number of anilines is 1. The molecule has 0 radical (unpaired) electrons. The number of hydrogen-bond donors (Lipinski definition) is 3. The first kappa shape index (κ1) is 21.8. The summed E-state index contributed by atoms with van der Waals surface area (Å²) in [6.07, 6.45) is 0.279. The Morgan fingerprint density at radius 3 is 2.33 bits per heavy atom. The smallest absolute Gasteiger partial charge is 0.319 e. The molecule has 0 aliphatic carbocycles. The number of nitrogens with one attached hydrogen (secondary N) is 3. The third kappa shape index (κ3) is 4.47. The number of nitrogens with zero attached hydrogens (tertiary/aromatic N) is 1. The lowest BCUT2D eigenvalue weighted by Gasteiger charge is -2.25. The Kier molecular flexibility index (Phi) is 6.42. The zero-order valence-electron chi connectivity index (χ0n) is 15.9. The fraction of sp³-hybridized carbons (Fsp3) is 0.200. The van der Waals surface area contributed by atoms with Gasteiger partial charge in [0.2, 0.25) is 5.91 Å². The van der Waals surface area contributed by atoms with Crippen molar-refractivity contribution in [3.63, 3.8) is 0 Å². The number of amides is 6. The standard InChI is InChI=1S/C20H18BrClN4O4/c1-2-20(12-3-7-14(22)8-4-12)17(28)26(19(30)25-20)11-16(27)24-18(29)23-15-9-5-13(21)6-10-15/h3-10H,2,11H2,1H3,(H,25,30)(H2,23,24,27,29). The number of imide groups is 2. The highest BCUT2D eigenvalue weighted by Crippen LogP contribution is 2.33. The molecule has 2 aromatic rings. The molecule has 1 fully saturated rings. The molecule has 0 bridgehead atoms. The molecular weight excluding hydrogens is 476 g/mol. The van der Waals surface area contributed by atoms with Crippen LogP contribution < -0.4 is 16.0 Å². The minimum absolute atomic E-state index is 0.279. The monoisotopic (exact) mass is 492 g/mol. The van der Waals surface area contributed by atoms with Crippen molar-refractivity contribution in [2.75, 3.05) is 11.9 Å². The Balaban J connectivity index is 1.67. The lowest BCUT2D eigenvalue weighted by atomic mass is 9.87. The fourth-order valence-corrected chi connectivity index (χ4v) is 3.54. The van der Waals surface area contributed by atoms with E-state index in [4.69, 9.17) is 11.6 Å². The van der Waals surface area contributed by atoms with Gasteiger partial charge >= 0.3 is 12.1 Å². The van der Waals surface area contributed by atoms with Crippen LogP contribution in [0.25, 0.3) is 0 Å². The Labute approximate surface area is 186 Å². The van der Waals surface area contributed by atoms with Crippen LogP contribution in [0.5, 0.6) is 0 Å². The molecule has 156 valence electrons. The molecule has 30 heavy (non-hydrogen) atoms. The summed E-state index contributed by atoms with van der Waals surface area (Å²) in [5.41, 5.74) is -0.253. The number of benzene rings is 2. The molecule has 0 saturated carbocycles. The highest BCUT2D eigenvalue weighted by Gasteiger charge is 2.51. The van der Waals surface area contributed by atoms with E-state index in [1.165, 1.54) is 0 Å². The van der Waals surface area contributed by atoms with Crippen LogP contribution in [0.3, 0.4) is 0 Å². The molecule has 3 N–H and O–H groups in total. The number of halogens is 2. The van der Waals surface area contributed by atoms with E-state index in [-0.39, 0.29) is 6.42 Å². The Morgan fingerprint density at radius 2 is 1.73 bits per heavy atom. The molecular formula is C20H18BrClN4O4. The lowest BCUT2D eigenvalue weighted by molar-refractivity contribution is -0.135. The maximum Gasteiger partial charge on any atom is 0.325 e. The van der Waals surface area contributed by atoms with Crippen molar-refractivity contribution in [2.45, 2.75) is 18.9 Å². The van der Waals surface area contributed by atoms with Gasteiger partial charge in [-0.25, -0.2) is 9.59 Å². The molecule has 3 rings (SSSR count). The zero-order valence-corrected chi connectivity index (χ0v) is 18.2. The number of rotatable bonds is 5. The van der Waals surface area contributed by atoms with E-state index < -0.39 is 36.0 Å². The second kappa shape index (κ2) is 8.85. The fourth-order valence-electron chi connectivity index (χ4n) is 3.15. The van der Waals surface area contributed by atoms with Gasteiger partial charge in [0.1, 0.15) is 12.1 Å². The van der Waals surface area contributed by atoms with Crippen LogP contribution in [0.2, 0.25) is 5.02 Å². The van der Waals surface area contributed by atoms with Crippen LogP contribution in [0.15, 0.2) is 53.0 Å². The van der Waals surface area contributed by atoms with Gasteiger partial charge in [0.25, 0.3) is 5.91 Å². The number of urea groups is 2. The van der Waals surface area contributed by atoms with Crippen LogP contribution >= 0.6 is 27.5 Å². The molecule has 1 atom stereocenters. The van der Waals surface area contributed by atoms with Crippen LogP contribution in [0.4, 0.5) is 15.3 Å². The van der Waals surface area contributed by atoms with Crippen molar-refractivity contribution in [3.8, 4) is 0 Å². The molecule has 2 aromatic carbocycles. The minimum Gasteiger partial charge on any atom is -0.319 e. The molecule has 1 heterocycles. The van der Waals surface area contributed by atoms with E-state index in [2.05, 4.69) is 31.9 Å². The van der Waals surface area contributed by atoms with Gasteiger partial charge in [0.15, 0.2) is 0 Å². The topological polar surface area (TPSA) is 108 Å². The van der Waals surface area contributed by atoms with Crippen LogP contribution in [0.1, 0.15) is 18.9 Å². The number of carbonyl (C=O) groups is 4. The second-order valence-corrected chi connectivity index (χ2v) is 7.95. The Morgan fingerprint density at radius 1 is 1.10 bits per heavy atom. The molecule has 1 unspecified atom stereocenters. The summed E-state index contributed by atoms with van der Waals surface area (Å²) in [5.74, 6) is -1.36. The van der Waals surface area contributed by atoms with Crippen molar-refractivity contribution in [1.29, 1.82) is 0 Å². The molecule has 1 saturated heterocycles. The quantitative estimate of drug-likeness (QED) is 0.553. The van der Waals surface area contributed by atoms with E-state index in [9.17, 15) is 19.2 Å². The van der Waals surface area contributed by atoms with Crippen molar-refractivity contribution in [2.24, 2.45) is 0 Å². The molecule has 0 aromatic heterocycles. The molecule has 0 spiro atoms. The summed E-state index contributed by atoms with van der Waals surface area (Å²) >= 11 is 9.19. The van der Waals surface area contributed by atoms with E-state index >= 15 is 0 Å². The second-order valence-electron chi connectivity index (χ2n) is 6.60. The average molecular weight is 494 g/mol. The predicted molar refractivity (Wildman–Crippen MR) is 115 cm³/mol. The summed E-state index contributed by atoms with van der Waals surface area (Å²) in [6.45, 7) is 1.16. The first-order valence-electron chi connectivity index (χ1n) is 9.01. The van der Waals surface area contributed by atoms with Gasteiger partial charge in [0, 0.05) is 15.2 Å².